The smallest absolute Gasteiger partial charge is 0.342 e. The molecule has 0 bridgehead atoms. The molecule has 2 heterocycles. The van der Waals surface area contributed by atoms with Crippen LogP contribution in [0.3, 0.4) is 0 Å². The fourth-order valence-corrected chi connectivity index (χ4v) is 6.01. The van der Waals surface area contributed by atoms with Gasteiger partial charge in [0.1, 0.15) is 6.61 Å². The van der Waals surface area contributed by atoms with E-state index in [0.717, 1.165) is 25.0 Å². The first kappa shape index (κ1) is 50.7. The fourth-order valence-electron chi connectivity index (χ4n) is 6.01. The normalized spacial score (nSPS) is 11.4. The van der Waals surface area contributed by atoms with Gasteiger partial charge in [-0.15, -0.1) is 0 Å². The Bertz CT molecular complexity index is 2910. The summed E-state index contributed by atoms with van der Waals surface area (Å²) in [5.41, 5.74) is -5.97. The molecule has 0 unspecified atom stereocenters. The number of ether oxygens (including phenoxy) is 6. The van der Waals surface area contributed by atoms with E-state index in [2.05, 4.69) is 4.74 Å². The molecule has 0 fully saturated rings. The van der Waals surface area contributed by atoms with Gasteiger partial charge in [0.15, 0.2) is 0 Å². The highest BCUT2D eigenvalue weighted by molar-refractivity contribution is 5.99. The van der Waals surface area contributed by atoms with E-state index in [9.17, 15) is 57.8 Å². The number of allylic oxidation sites excluding steroid dienone is 4. The molecule has 0 spiro atoms. The Balaban J connectivity index is 1.35. The van der Waals surface area contributed by atoms with Crippen LogP contribution in [0.5, 0.6) is 0 Å². The Kier molecular flexibility index (Phi) is 19.0. The van der Waals surface area contributed by atoms with Crippen molar-refractivity contribution < 1.29 is 57.5 Å². The molecule has 352 valence electrons. The van der Waals surface area contributed by atoms with E-state index >= 15 is 0 Å². The molecule has 0 aliphatic heterocycles. The average Bonchev–Trinajstić information content (AvgIpc) is 3.31. The molecule has 24 heteroatoms. The highest BCUT2D eigenvalue weighted by Gasteiger charge is 2.20. The van der Waals surface area contributed by atoms with Gasteiger partial charge in [-0.1, -0.05) is 24.3 Å². The quantitative estimate of drug-likeness (QED) is 0.0396. The van der Waals surface area contributed by atoms with Crippen molar-refractivity contribution in [3.8, 4) is 0 Å². The minimum absolute atomic E-state index is 0.0541. The lowest BCUT2D eigenvalue weighted by Gasteiger charge is -2.14. The summed E-state index contributed by atoms with van der Waals surface area (Å²) in [6, 6.07) is 9.68. The van der Waals surface area contributed by atoms with Crippen molar-refractivity contribution in [2.45, 2.75) is 58.5 Å². The molecule has 0 aliphatic rings. The molecule has 0 saturated carbocycles. The summed E-state index contributed by atoms with van der Waals surface area (Å²) in [7, 11) is 3.69. The number of methoxy groups -OCH3 is 3. The third-order valence-electron chi connectivity index (χ3n) is 9.40. The second-order valence-corrected chi connectivity index (χ2v) is 13.6. The van der Waals surface area contributed by atoms with Gasteiger partial charge < -0.3 is 33.5 Å². The van der Waals surface area contributed by atoms with Gasteiger partial charge in [-0.3, -0.25) is 14.4 Å². The summed E-state index contributed by atoms with van der Waals surface area (Å²) < 4.78 is 33.0. The van der Waals surface area contributed by atoms with Gasteiger partial charge >= 0.3 is 64.0 Å². The first-order valence-corrected chi connectivity index (χ1v) is 19.9. The van der Waals surface area contributed by atoms with Gasteiger partial charge in [-0.25, -0.2) is 65.8 Å². The van der Waals surface area contributed by atoms with E-state index in [1.165, 1.54) is 44.6 Å². The molecular weight excluding hydrogens is 876 g/mol. The Morgan fingerprint density at radius 1 is 0.485 bits per heavy atom. The largest absolute Gasteiger partial charge is 0.469 e. The number of hydrogen-bond acceptors (Lipinski definition) is 18. The van der Waals surface area contributed by atoms with Crippen LogP contribution >= 0.6 is 0 Å². The maximum Gasteiger partial charge on any atom is 0.342 e. The molecule has 0 atom stereocenters. The van der Waals surface area contributed by atoms with E-state index in [4.69, 9.17) is 23.7 Å². The lowest BCUT2D eigenvalue weighted by atomic mass is 10.0. The highest BCUT2D eigenvalue weighted by atomic mass is 16.5. The molecule has 4 rings (SSSR count). The monoisotopic (exact) mass is 922 g/mol. The Morgan fingerprint density at radius 3 is 1.38 bits per heavy atom. The molecule has 4 aromatic rings. The second kappa shape index (κ2) is 24.7. The Labute approximate surface area is 371 Å². The summed E-state index contributed by atoms with van der Waals surface area (Å²) in [4.78, 5) is 140. The molecule has 0 amide bonds. The van der Waals surface area contributed by atoms with Crippen molar-refractivity contribution in [1.29, 1.82) is 0 Å². The predicted octanol–water partition coefficient (Wildman–Crippen LogP) is -1.19. The molecule has 0 aliphatic carbocycles. The van der Waals surface area contributed by atoms with Crippen molar-refractivity contribution in [3.63, 3.8) is 0 Å². The number of fused-ring (bicyclic) bond motifs is 1. The van der Waals surface area contributed by atoms with Crippen LogP contribution in [-0.2, 0) is 82.1 Å². The van der Waals surface area contributed by atoms with Crippen molar-refractivity contribution in [2.75, 3.05) is 41.2 Å². The summed E-state index contributed by atoms with van der Waals surface area (Å²) >= 11 is 0. The van der Waals surface area contributed by atoms with Crippen LogP contribution in [0, 0.1) is 0 Å². The number of carbonyl (C=O) groups is 5. The molecule has 0 saturated heterocycles. The zero-order valence-electron chi connectivity index (χ0n) is 36.0. The van der Waals surface area contributed by atoms with Crippen LogP contribution in [0.15, 0.2) is 102 Å². The van der Waals surface area contributed by atoms with Crippen LogP contribution in [0.4, 0.5) is 0 Å². The summed E-state index contributed by atoms with van der Waals surface area (Å²) in [5.74, 6) is -3.82. The molecule has 66 heavy (non-hydrogen) atoms. The van der Waals surface area contributed by atoms with E-state index in [-0.39, 0.29) is 18.7 Å². The second-order valence-electron chi connectivity index (χ2n) is 13.6. The van der Waals surface area contributed by atoms with E-state index in [1.807, 2.05) is 0 Å². The molecule has 2 aromatic carbocycles. The maximum absolute atomic E-state index is 13.4. The van der Waals surface area contributed by atoms with Crippen molar-refractivity contribution in [1.82, 2.24) is 27.4 Å². The molecule has 2 aromatic heterocycles. The molecule has 1 N–H and O–H groups in total. The van der Waals surface area contributed by atoms with Crippen LogP contribution in [0.2, 0.25) is 0 Å². The maximum atomic E-state index is 13.4. The number of hydrogen-bond donors (Lipinski definition) is 1. The van der Waals surface area contributed by atoms with Crippen LogP contribution in [0.25, 0.3) is 10.8 Å². The standard InChI is InChI=1S/C42H46N6O18/c1-61-24-19-47-40(58)46(18-21-49)41(59)48(42(47)60)20-25-65-34(52)14-17-45-38(56)43(15-12-32(50)62-2)37(55)44(39(45)57)16-13-33(51)64-22-6-4-5-7-23-66-36(54)31-11-9-28-26-30(35(53)63-3)10-8-29(28)27-31/h4-11,22-23,26-27,49H,12-21,24-25H2,1-3H3/b5-4+,22-6+,23-7+. The number of aromatic nitrogens is 6. The number of esters is 5. The van der Waals surface area contributed by atoms with Gasteiger partial charge in [-0.05, 0) is 47.2 Å². The first-order chi connectivity index (χ1) is 31.7. The zero-order chi connectivity index (χ0) is 48.3. The number of aliphatic hydroxyl groups is 1. The SMILES string of the molecule is COCCn1c(=O)n(CCO)c(=O)n(CCOC(=O)CCn2c(=O)n(CCC(=O)OC)c(=O)n(CCC(=O)O/C=C/C=C/C=C/OC(=O)c3ccc4cc(C(=O)OC)ccc4c3)c2=O)c1=O. The van der Waals surface area contributed by atoms with Crippen molar-refractivity contribution >= 4 is 40.6 Å². The van der Waals surface area contributed by atoms with E-state index < -0.39 is 129 Å². The minimum atomic E-state index is -1.20. The third kappa shape index (κ3) is 13.3. The van der Waals surface area contributed by atoms with Crippen LogP contribution in [0.1, 0.15) is 40.0 Å². The van der Waals surface area contributed by atoms with Gasteiger partial charge in [0.2, 0.25) is 0 Å². The molecule has 0 radical (unpaired) electrons. The first-order valence-electron chi connectivity index (χ1n) is 19.9. The topological polar surface area (TPSA) is 293 Å². The summed E-state index contributed by atoms with van der Waals surface area (Å²) in [5, 5.41) is 10.7. The van der Waals surface area contributed by atoms with E-state index in [0.29, 0.717) is 38.4 Å². The molecule has 24 nitrogen and oxygen atoms in total. The minimum Gasteiger partial charge on any atom is -0.469 e. The predicted molar refractivity (Wildman–Crippen MR) is 228 cm³/mol. The fraction of sp³-hybridized carbons (Fsp3) is 0.357. The lowest BCUT2D eigenvalue weighted by molar-refractivity contribution is -0.144. The van der Waals surface area contributed by atoms with Crippen molar-refractivity contribution in [3.05, 3.63) is 147 Å². The average molecular weight is 923 g/mol. The number of carbonyl (C=O) groups excluding carboxylic acids is 5. The highest BCUT2D eigenvalue weighted by Crippen LogP contribution is 2.19. The number of rotatable bonds is 23. The molecular formula is C42H46N6O18. The van der Waals surface area contributed by atoms with Gasteiger partial charge in [0, 0.05) is 26.7 Å². The Morgan fingerprint density at radius 2 is 0.909 bits per heavy atom. The zero-order valence-corrected chi connectivity index (χ0v) is 36.0. The van der Waals surface area contributed by atoms with Crippen LogP contribution < -0.4 is 34.1 Å². The van der Waals surface area contributed by atoms with Crippen LogP contribution in [-0.4, -0.2) is 104 Å². The summed E-state index contributed by atoms with van der Waals surface area (Å²) in [6.45, 7) is -4.11. The van der Waals surface area contributed by atoms with E-state index in [1.54, 1.807) is 30.3 Å². The van der Waals surface area contributed by atoms with Gasteiger partial charge in [-0.2, -0.15) is 0 Å². The third-order valence-corrected chi connectivity index (χ3v) is 9.40. The lowest BCUT2D eigenvalue weighted by Crippen LogP contribution is -2.55. The summed E-state index contributed by atoms with van der Waals surface area (Å²) in [6.07, 6.45) is 6.08. The number of benzene rings is 2. The number of nitrogens with zero attached hydrogens (tertiary/aromatic N) is 6. The van der Waals surface area contributed by atoms with Gasteiger partial charge in [0.05, 0.1) is 90.0 Å². The number of aliphatic hydroxyl groups excluding tert-OH is 1. The van der Waals surface area contributed by atoms with Crippen molar-refractivity contribution in [2.24, 2.45) is 0 Å². The Hall–Kier alpha value is -7.99. The van der Waals surface area contributed by atoms with Gasteiger partial charge in [0.25, 0.3) is 0 Å².